The quantitative estimate of drug-likeness (QED) is 0.704. The Balaban J connectivity index is 2.09. The van der Waals surface area contributed by atoms with E-state index in [9.17, 15) is 20.1 Å². The Bertz CT molecular complexity index is 832. The van der Waals surface area contributed by atoms with Gasteiger partial charge in [0.2, 0.25) is 0 Å². The molecular weight excluding hydrogens is 296 g/mol. The Morgan fingerprint density at radius 2 is 1.65 bits per heavy atom. The average Bonchev–Trinajstić information content (AvgIpc) is 2.54. The number of carbonyl (C=O) groups is 1. The van der Waals surface area contributed by atoms with Gasteiger partial charge in [0, 0.05) is 16.7 Å². The van der Waals surface area contributed by atoms with Gasteiger partial charge < -0.3 is 20.1 Å². The fourth-order valence-corrected chi connectivity index (χ4v) is 2.63. The molecule has 0 saturated heterocycles. The molecule has 1 aliphatic rings. The molecule has 0 fully saturated rings. The molecule has 3 N–H and O–H groups in total. The number of aromatic hydroxyl groups is 3. The Morgan fingerprint density at radius 3 is 2.30 bits per heavy atom. The van der Waals surface area contributed by atoms with Crippen LogP contribution in [0.15, 0.2) is 29.8 Å². The van der Waals surface area contributed by atoms with Gasteiger partial charge in [0.15, 0.2) is 5.78 Å². The van der Waals surface area contributed by atoms with Crippen LogP contribution in [-0.2, 0) is 0 Å². The lowest BCUT2D eigenvalue weighted by molar-refractivity contribution is 0.0996. The molecule has 3 rings (SSSR count). The molecule has 118 valence electrons. The molecule has 1 heterocycles. The van der Waals surface area contributed by atoms with E-state index in [1.165, 1.54) is 12.1 Å². The molecule has 2 aromatic carbocycles. The zero-order valence-corrected chi connectivity index (χ0v) is 12.8. The summed E-state index contributed by atoms with van der Waals surface area (Å²) in [5.74, 6) is -0.297. The van der Waals surface area contributed by atoms with Gasteiger partial charge in [-0.3, -0.25) is 4.79 Å². The number of carbonyl (C=O) groups excluding carboxylic acids is 1. The van der Waals surface area contributed by atoms with E-state index in [-0.39, 0.29) is 46.5 Å². The van der Waals surface area contributed by atoms with Crippen molar-refractivity contribution in [1.29, 1.82) is 0 Å². The lowest BCUT2D eigenvalue weighted by Crippen LogP contribution is -2.20. The van der Waals surface area contributed by atoms with Crippen molar-refractivity contribution in [2.75, 3.05) is 6.61 Å². The van der Waals surface area contributed by atoms with Crippen molar-refractivity contribution in [1.82, 2.24) is 0 Å². The largest absolute Gasteiger partial charge is 0.508 e. The Kier molecular flexibility index (Phi) is 3.48. The molecule has 0 saturated carbocycles. The number of ether oxygens (including phenoxy) is 1. The summed E-state index contributed by atoms with van der Waals surface area (Å²) in [6.45, 7) is 3.24. The molecule has 0 unspecified atom stereocenters. The number of hydrogen-bond donors (Lipinski definition) is 3. The van der Waals surface area contributed by atoms with Gasteiger partial charge in [-0.2, -0.15) is 0 Å². The minimum atomic E-state index is -0.331. The van der Waals surface area contributed by atoms with Gasteiger partial charge >= 0.3 is 0 Å². The monoisotopic (exact) mass is 312 g/mol. The lowest BCUT2D eigenvalue weighted by Gasteiger charge is -2.23. The highest BCUT2D eigenvalue weighted by Gasteiger charge is 2.31. The standard InChI is InChI=1S/C18H16O5/c1-9-15(20)10(2)18-14(16(9)21)17(22)12(8-23-18)7-11-3-5-13(19)6-4-11/h3-7,19-21H,8H2,1-2H3/b12-7+. The summed E-state index contributed by atoms with van der Waals surface area (Å²) in [6.07, 6.45) is 1.65. The fourth-order valence-electron chi connectivity index (χ4n) is 2.63. The van der Waals surface area contributed by atoms with Crippen LogP contribution in [0.25, 0.3) is 6.08 Å². The number of fused-ring (bicyclic) bond motifs is 1. The van der Waals surface area contributed by atoms with Gasteiger partial charge in [0.05, 0.1) is 0 Å². The van der Waals surface area contributed by atoms with Crippen molar-refractivity contribution in [2.24, 2.45) is 0 Å². The Morgan fingerprint density at radius 1 is 1.00 bits per heavy atom. The first-order valence-electron chi connectivity index (χ1n) is 7.12. The van der Waals surface area contributed by atoms with Gasteiger partial charge in [-0.15, -0.1) is 0 Å². The third kappa shape index (κ3) is 2.40. The zero-order valence-electron chi connectivity index (χ0n) is 12.8. The molecule has 0 aliphatic carbocycles. The number of ketones is 1. The van der Waals surface area contributed by atoms with E-state index < -0.39 is 0 Å². The predicted molar refractivity (Wildman–Crippen MR) is 85.2 cm³/mol. The number of hydrogen-bond acceptors (Lipinski definition) is 5. The second-order valence-electron chi connectivity index (χ2n) is 5.53. The van der Waals surface area contributed by atoms with Crippen molar-refractivity contribution >= 4 is 11.9 Å². The summed E-state index contributed by atoms with van der Waals surface area (Å²) in [4.78, 5) is 12.7. The highest BCUT2D eigenvalue weighted by Crippen LogP contribution is 2.44. The van der Waals surface area contributed by atoms with E-state index in [1.807, 2.05) is 0 Å². The second kappa shape index (κ2) is 5.35. The first kappa shape index (κ1) is 15.0. The van der Waals surface area contributed by atoms with Gasteiger partial charge in [0.25, 0.3) is 0 Å². The molecule has 0 spiro atoms. The van der Waals surface area contributed by atoms with Crippen LogP contribution >= 0.6 is 0 Å². The van der Waals surface area contributed by atoms with E-state index in [0.717, 1.165) is 5.56 Å². The molecule has 5 heteroatoms. The number of phenolic OH excluding ortho intramolecular Hbond substituents is 3. The highest BCUT2D eigenvalue weighted by molar-refractivity contribution is 6.16. The average molecular weight is 312 g/mol. The summed E-state index contributed by atoms with van der Waals surface area (Å²) in [7, 11) is 0. The maximum atomic E-state index is 12.7. The number of rotatable bonds is 1. The van der Waals surface area contributed by atoms with Crippen molar-refractivity contribution in [3.05, 3.63) is 52.1 Å². The van der Waals surface area contributed by atoms with Crippen molar-refractivity contribution in [3.63, 3.8) is 0 Å². The summed E-state index contributed by atoms with van der Waals surface area (Å²) in [5.41, 5.74) is 1.90. The molecule has 5 nitrogen and oxygen atoms in total. The molecule has 0 atom stereocenters. The molecule has 2 aromatic rings. The van der Waals surface area contributed by atoms with Gasteiger partial charge in [0.1, 0.15) is 35.2 Å². The van der Waals surface area contributed by atoms with Gasteiger partial charge in [-0.05, 0) is 37.6 Å². The molecule has 0 bridgehead atoms. The first-order chi connectivity index (χ1) is 10.9. The van der Waals surface area contributed by atoms with Crippen LogP contribution in [0.3, 0.4) is 0 Å². The molecule has 23 heavy (non-hydrogen) atoms. The normalized spacial score (nSPS) is 15.4. The molecule has 0 aromatic heterocycles. The first-order valence-corrected chi connectivity index (χ1v) is 7.12. The molecule has 1 aliphatic heterocycles. The second-order valence-corrected chi connectivity index (χ2v) is 5.53. The predicted octanol–water partition coefficient (Wildman–Crippen LogP) is 3.08. The summed E-state index contributed by atoms with van der Waals surface area (Å²) >= 11 is 0. The van der Waals surface area contributed by atoms with Crippen LogP contribution in [-0.4, -0.2) is 27.7 Å². The Hall–Kier alpha value is -2.95. The third-order valence-corrected chi connectivity index (χ3v) is 3.99. The molecule has 0 radical (unpaired) electrons. The molecular formula is C18H16O5. The maximum absolute atomic E-state index is 12.7. The summed E-state index contributed by atoms with van der Waals surface area (Å²) in [5, 5.41) is 29.5. The Labute approximate surface area is 133 Å². The fraction of sp³-hybridized carbons (Fsp3) is 0.167. The third-order valence-electron chi connectivity index (χ3n) is 3.99. The van der Waals surface area contributed by atoms with Crippen LogP contribution < -0.4 is 4.74 Å². The van der Waals surface area contributed by atoms with E-state index >= 15 is 0 Å². The number of phenols is 3. The number of Topliss-reactive ketones (excluding diaryl/α,β-unsaturated/α-hetero) is 1. The van der Waals surface area contributed by atoms with Crippen molar-refractivity contribution < 1.29 is 24.9 Å². The zero-order chi connectivity index (χ0) is 16.7. The van der Waals surface area contributed by atoms with E-state index in [4.69, 9.17) is 4.74 Å². The van der Waals surface area contributed by atoms with Crippen molar-refractivity contribution in [3.8, 4) is 23.0 Å². The van der Waals surface area contributed by atoms with Crippen LogP contribution in [0.2, 0.25) is 0 Å². The van der Waals surface area contributed by atoms with Crippen LogP contribution in [0.1, 0.15) is 27.0 Å². The van der Waals surface area contributed by atoms with Crippen LogP contribution in [0.4, 0.5) is 0 Å². The van der Waals surface area contributed by atoms with E-state index in [0.29, 0.717) is 11.1 Å². The summed E-state index contributed by atoms with van der Waals surface area (Å²) < 4.78 is 5.59. The SMILES string of the molecule is Cc1c(O)c(C)c2c(c1O)C(=O)/C(=C/c1ccc(O)cc1)CO2. The lowest BCUT2D eigenvalue weighted by atomic mass is 9.93. The van der Waals surface area contributed by atoms with Gasteiger partial charge in [-0.25, -0.2) is 0 Å². The maximum Gasteiger partial charge on any atom is 0.199 e. The smallest absolute Gasteiger partial charge is 0.199 e. The minimum Gasteiger partial charge on any atom is -0.508 e. The highest BCUT2D eigenvalue weighted by atomic mass is 16.5. The molecule has 0 amide bonds. The summed E-state index contributed by atoms with van der Waals surface area (Å²) in [6, 6.07) is 6.41. The van der Waals surface area contributed by atoms with Crippen LogP contribution in [0, 0.1) is 13.8 Å². The van der Waals surface area contributed by atoms with Gasteiger partial charge in [-0.1, -0.05) is 12.1 Å². The van der Waals surface area contributed by atoms with E-state index in [1.54, 1.807) is 32.1 Å². The van der Waals surface area contributed by atoms with E-state index in [2.05, 4.69) is 0 Å². The number of benzene rings is 2. The topological polar surface area (TPSA) is 87.0 Å². The van der Waals surface area contributed by atoms with Crippen LogP contribution in [0.5, 0.6) is 23.0 Å². The van der Waals surface area contributed by atoms with Crippen molar-refractivity contribution in [2.45, 2.75) is 13.8 Å². The minimum absolute atomic E-state index is 0.0511.